The molecule has 0 unspecified atom stereocenters. The van der Waals surface area contributed by atoms with E-state index in [4.69, 9.17) is 11.6 Å². The Hall–Kier alpha value is -2.34. The smallest absolute Gasteiger partial charge is 0.268 e. The van der Waals surface area contributed by atoms with Crippen LogP contribution in [0.25, 0.3) is 0 Å². The van der Waals surface area contributed by atoms with Crippen LogP contribution in [0.15, 0.2) is 42.7 Å². The average Bonchev–Trinajstić information content (AvgIpc) is 2.81. The molecule has 18 heavy (non-hydrogen) atoms. The van der Waals surface area contributed by atoms with Crippen molar-refractivity contribution in [1.82, 2.24) is 4.68 Å². The van der Waals surface area contributed by atoms with Crippen LogP contribution in [-0.2, 0) is 0 Å². The molecule has 0 aliphatic heterocycles. The summed E-state index contributed by atoms with van der Waals surface area (Å²) in [5.74, 6) is -0.453. The number of hydrogen-bond acceptors (Lipinski definition) is 3. The summed E-state index contributed by atoms with van der Waals surface area (Å²) in [5.41, 5.74) is 2.41. The van der Waals surface area contributed by atoms with E-state index in [-0.39, 0.29) is 16.3 Å². The molecule has 7 heteroatoms. The summed E-state index contributed by atoms with van der Waals surface area (Å²) in [6, 6.07) is 7.37. The van der Waals surface area contributed by atoms with Crippen molar-refractivity contribution in [2.75, 3.05) is 5.43 Å². The largest absolute Gasteiger partial charge is 0.288 e. The minimum Gasteiger partial charge on any atom is -0.268 e. The maximum absolute atomic E-state index is 11.8. The Kier molecular flexibility index (Phi) is 3.29. The summed E-state index contributed by atoms with van der Waals surface area (Å²) in [7, 11) is 0. The highest BCUT2D eigenvalue weighted by molar-refractivity contribution is 6.32. The normalized spacial score (nSPS) is 10.1. The number of nitrogens with zero attached hydrogens (tertiary/aromatic N) is 2. The Morgan fingerprint density at radius 3 is 2.61 bits per heavy atom. The van der Waals surface area contributed by atoms with Gasteiger partial charge in [0.1, 0.15) is 5.02 Å². The first kappa shape index (κ1) is 12.1. The SMILES string of the molecule is O=C(Nn1cccc1)c1ccc(Cl)c([N+](=O)[O-])c1. The highest BCUT2D eigenvalue weighted by Gasteiger charge is 2.16. The third-order valence-electron chi connectivity index (χ3n) is 2.24. The predicted octanol–water partition coefficient (Wildman–Crippen LogP) is 2.43. The second kappa shape index (κ2) is 4.89. The van der Waals surface area contributed by atoms with Crippen molar-refractivity contribution >= 4 is 23.2 Å². The quantitative estimate of drug-likeness (QED) is 0.684. The molecule has 0 radical (unpaired) electrons. The van der Waals surface area contributed by atoms with E-state index in [1.54, 1.807) is 24.5 Å². The molecular weight excluding hydrogens is 258 g/mol. The van der Waals surface area contributed by atoms with Crippen LogP contribution < -0.4 is 5.43 Å². The Balaban J connectivity index is 2.26. The number of halogens is 1. The lowest BCUT2D eigenvalue weighted by Crippen LogP contribution is -2.21. The van der Waals surface area contributed by atoms with E-state index in [1.807, 2.05) is 0 Å². The number of nitrogens with one attached hydrogen (secondary N) is 1. The molecule has 0 fully saturated rings. The fraction of sp³-hybridized carbons (Fsp3) is 0. The zero-order valence-corrected chi connectivity index (χ0v) is 9.79. The number of amides is 1. The highest BCUT2D eigenvalue weighted by Crippen LogP contribution is 2.25. The minimum absolute atomic E-state index is 0.00230. The first-order valence-electron chi connectivity index (χ1n) is 4.96. The van der Waals surface area contributed by atoms with Crippen molar-refractivity contribution in [3.63, 3.8) is 0 Å². The van der Waals surface area contributed by atoms with Crippen LogP contribution in [-0.4, -0.2) is 15.5 Å². The standard InChI is InChI=1S/C11H8ClN3O3/c12-9-4-3-8(7-10(9)15(17)18)11(16)13-14-5-1-2-6-14/h1-7H,(H,13,16). The van der Waals surface area contributed by atoms with Crippen molar-refractivity contribution in [3.8, 4) is 0 Å². The molecule has 92 valence electrons. The fourth-order valence-electron chi connectivity index (χ4n) is 1.38. The molecule has 0 aliphatic carbocycles. The molecule has 0 bridgehead atoms. The van der Waals surface area contributed by atoms with Gasteiger partial charge in [-0.25, -0.2) is 0 Å². The molecule has 0 aliphatic rings. The average molecular weight is 266 g/mol. The number of carbonyl (C=O) groups is 1. The van der Waals surface area contributed by atoms with E-state index in [2.05, 4.69) is 5.43 Å². The summed E-state index contributed by atoms with van der Waals surface area (Å²) >= 11 is 5.66. The number of aromatic nitrogens is 1. The molecule has 1 N–H and O–H groups in total. The van der Waals surface area contributed by atoms with Crippen LogP contribution >= 0.6 is 11.6 Å². The van der Waals surface area contributed by atoms with E-state index in [1.165, 1.54) is 16.8 Å². The van der Waals surface area contributed by atoms with Gasteiger partial charge in [-0.05, 0) is 24.3 Å². The van der Waals surface area contributed by atoms with Crippen molar-refractivity contribution in [2.24, 2.45) is 0 Å². The van der Waals surface area contributed by atoms with Crippen LogP contribution in [0.5, 0.6) is 0 Å². The number of nitro groups is 1. The maximum Gasteiger partial charge on any atom is 0.288 e. The predicted molar refractivity (Wildman–Crippen MR) is 66.2 cm³/mol. The van der Waals surface area contributed by atoms with Gasteiger partial charge in [-0.1, -0.05) is 11.6 Å². The molecule has 0 spiro atoms. The summed E-state index contributed by atoms with van der Waals surface area (Å²) in [5, 5.41) is 10.7. The Morgan fingerprint density at radius 2 is 2.00 bits per heavy atom. The fourth-order valence-corrected chi connectivity index (χ4v) is 1.57. The van der Waals surface area contributed by atoms with Crippen LogP contribution in [0.2, 0.25) is 5.02 Å². The second-order valence-electron chi connectivity index (χ2n) is 3.45. The van der Waals surface area contributed by atoms with Crippen LogP contribution in [0.3, 0.4) is 0 Å². The minimum atomic E-state index is -0.630. The number of nitro benzene ring substituents is 1. The monoisotopic (exact) mass is 265 g/mol. The van der Waals surface area contributed by atoms with Crippen molar-refractivity contribution in [1.29, 1.82) is 0 Å². The van der Waals surface area contributed by atoms with E-state index < -0.39 is 10.8 Å². The van der Waals surface area contributed by atoms with Gasteiger partial charge in [0.05, 0.1) is 4.92 Å². The summed E-state index contributed by atoms with van der Waals surface area (Å²) < 4.78 is 1.45. The lowest BCUT2D eigenvalue weighted by Gasteiger charge is -2.06. The molecule has 0 saturated heterocycles. The van der Waals surface area contributed by atoms with Crippen LogP contribution in [0.1, 0.15) is 10.4 Å². The van der Waals surface area contributed by atoms with Gasteiger partial charge in [0.25, 0.3) is 11.6 Å². The van der Waals surface area contributed by atoms with E-state index in [0.29, 0.717) is 0 Å². The number of rotatable bonds is 3. The zero-order chi connectivity index (χ0) is 13.1. The van der Waals surface area contributed by atoms with Crippen LogP contribution in [0, 0.1) is 10.1 Å². The summed E-state index contributed by atoms with van der Waals surface area (Å²) in [6.07, 6.45) is 3.28. The molecule has 6 nitrogen and oxygen atoms in total. The van der Waals surface area contributed by atoms with Gasteiger partial charge in [-0.15, -0.1) is 0 Å². The lowest BCUT2D eigenvalue weighted by atomic mass is 10.2. The van der Waals surface area contributed by atoms with Gasteiger partial charge in [0, 0.05) is 24.0 Å². The third kappa shape index (κ3) is 2.49. The van der Waals surface area contributed by atoms with Crippen molar-refractivity contribution in [2.45, 2.75) is 0 Å². The van der Waals surface area contributed by atoms with Gasteiger partial charge in [0.2, 0.25) is 0 Å². The molecule has 2 rings (SSSR count). The van der Waals surface area contributed by atoms with E-state index >= 15 is 0 Å². The highest BCUT2D eigenvalue weighted by atomic mass is 35.5. The topological polar surface area (TPSA) is 77.2 Å². The van der Waals surface area contributed by atoms with E-state index in [9.17, 15) is 14.9 Å². The number of benzene rings is 1. The van der Waals surface area contributed by atoms with Gasteiger partial charge < -0.3 is 0 Å². The first-order valence-corrected chi connectivity index (χ1v) is 5.34. The van der Waals surface area contributed by atoms with Gasteiger partial charge in [0.15, 0.2) is 0 Å². The molecule has 1 aromatic carbocycles. The first-order chi connectivity index (χ1) is 8.58. The number of hydrogen-bond donors (Lipinski definition) is 1. The molecule has 0 atom stereocenters. The number of carbonyl (C=O) groups excluding carboxylic acids is 1. The Morgan fingerprint density at radius 1 is 1.33 bits per heavy atom. The second-order valence-corrected chi connectivity index (χ2v) is 3.86. The molecular formula is C11H8ClN3O3. The summed E-state index contributed by atoms with van der Waals surface area (Å²) in [6.45, 7) is 0. The summed E-state index contributed by atoms with van der Waals surface area (Å²) in [4.78, 5) is 21.9. The van der Waals surface area contributed by atoms with Gasteiger partial charge in [-0.3, -0.25) is 25.0 Å². The Labute approximate surface area is 107 Å². The molecule has 1 aromatic heterocycles. The van der Waals surface area contributed by atoms with Crippen molar-refractivity contribution < 1.29 is 9.72 Å². The Bertz CT molecular complexity index is 596. The molecule has 1 heterocycles. The molecule has 2 aromatic rings. The molecule has 0 saturated carbocycles. The van der Waals surface area contributed by atoms with Crippen molar-refractivity contribution in [3.05, 3.63) is 63.4 Å². The maximum atomic E-state index is 11.8. The lowest BCUT2D eigenvalue weighted by molar-refractivity contribution is -0.384. The molecule has 1 amide bonds. The van der Waals surface area contributed by atoms with Gasteiger partial charge in [-0.2, -0.15) is 0 Å². The van der Waals surface area contributed by atoms with Crippen LogP contribution in [0.4, 0.5) is 5.69 Å². The third-order valence-corrected chi connectivity index (χ3v) is 2.56. The van der Waals surface area contributed by atoms with Gasteiger partial charge >= 0.3 is 0 Å². The van der Waals surface area contributed by atoms with E-state index in [0.717, 1.165) is 6.07 Å². The zero-order valence-electron chi connectivity index (χ0n) is 9.04.